The van der Waals surface area contributed by atoms with Crippen molar-refractivity contribution >= 4 is 11.9 Å². The zero-order valence-corrected chi connectivity index (χ0v) is 12.3. The highest BCUT2D eigenvalue weighted by Gasteiger charge is 2.43. The Kier molecular flexibility index (Phi) is 4.10. The molecule has 5 heteroatoms. The molecular formula is C18H16FNO3. The summed E-state index contributed by atoms with van der Waals surface area (Å²) in [5, 5.41) is 11.8. The van der Waals surface area contributed by atoms with E-state index in [1.165, 1.54) is 18.2 Å². The van der Waals surface area contributed by atoms with Crippen LogP contribution in [0.15, 0.2) is 48.5 Å². The van der Waals surface area contributed by atoms with Crippen LogP contribution in [0.4, 0.5) is 4.39 Å². The van der Waals surface area contributed by atoms with E-state index in [0.29, 0.717) is 6.54 Å². The molecule has 1 fully saturated rings. The smallest absolute Gasteiger partial charge is 0.335 e. The van der Waals surface area contributed by atoms with Gasteiger partial charge >= 0.3 is 5.97 Å². The Labute approximate surface area is 133 Å². The zero-order chi connectivity index (χ0) is 16.4. The Morgan fingerprint density at radius 3 is 2.61 bits per heavy atom. The van der Waals surface area contributed by atoms with Gasteiger partial charge in [0.2, 0.25) is 5.91 Å². The molecule has 0 heterocycles. The quantitative estimate of drug-likeness (QED) is 0.892. The van der Waals surface area contributed by atoms with E-state index >= 15 is 0 Å². The summed E-state index contributed by atoms with van der Waals surface area (Å²) in [6.07, 6.45) is 0.757. The fourth-order valence-corrected chi connectivity index (χ4v) is 2.70. The molecule has 0 radical (unpaired) electrons. The van der Waals surface area contributed by atoms with Crippen LogP contribution in [0.25, 0.3) is 0 Å². The number of aromatic carboxylic acids is 1. The summed E-state index contributed by atoms with van der Waals surface area (Å²) in [5.74, 6) is -1.28. The Morgan fingerprint density at radius 1 is 1.17 bits per heavy atom. The van der Waals surface area contributed by atoms with Gasteiger partial charge in [-0.15, -0.1) is 0 Å². The number of carboxylic acids is 1. The van der Waals surface area contributed by atoms with Crippen molar-refractivity contribution in [2.45, 2.75) is 18.9 Å². The first kappa shape index (κ1) is 15.2. The van der Waals surface area contributed by atoms with Gasteiger partial charge in [-0.1, -0.05) is 24.3 Å². The van der Waals surface area contributed by atoms with E-state index in [2.05, 4.69) is 5.32 Å². The Balaban J connectivity index is 1.56. The first-order valence-corrected chi connectivity index (χ1v) is 7.40. The average molecular weight is 313 g/mol. The molecule has 2 N–H and O–H groups in total. The van der Waals surface area contributed by atoms with Gasteiger partial charge < -0.3 is 10.4 Å². The second-order valence-corrected chi connectivity index (χ2v) is 5.72. The van der Waals surface area contributed by atoms with Crippen LogP contribution in [0.3, 0.4) is 0 Å². The maximum absolute atomic E-state index is 12.9. The monoisotopic (exact) mass is 313 g/mol. The van der Waals surface area contributed by atoms with Crippen LogP contribution in [-0.2, 0) is 11.3 Å². The third kappa shape index (κ3) is 3.56. The fourth-order valence-electron chi connectivity index (χ4n) is 2.70. The van der Waals surface area contributed by atoms with Crippen LogP contribution in [0.2, 0.25) is 0 Å². The van der Waals surface area contributed by atoms with Gasteiger partial charge in [-0.05, 0) is 47.7 Å². The second kappa shape index (κ2) is 6.20. The number of hydrogen-bond acceptors (Lipinski definition) is 2. The van der Waals surface area contributed by atoms with E-state index in [9.17, 15) is 14.0 Å². The molecule has 0 aliphatic heterocycles. The van der Waals surface area contributed by atoms with Crippen molar-refractivity contribution in [2.24, 2.45) is 5.92 Å². The number of amides is 1. The van der Waals surface area contributed by atoms with Crippen LogP contribution < -0.4 is 5.32 Å². The molecule has 3 rings (SSSR count). The van der Waals surface area contributed by atoms with Crippen LogP contribution in [-0.4, -0.2) is 17.0 Å². The zero-order valence-electron chi connectivity index (χ0n) is 12.3. The first-order valence-electron chi connectivity index (χ1n) is 7.40. The first-order chi connectivity index (χ1) is 11.0. The van der Waals surface area contributed by atoms with Crippen LogP contribution in [0.5, 0.6) is 0 Å². The Morgan fingerprint density at radius 2 is 1.91 bits per heavy atom. The summed E-state index contributed by atoms with van der Waals surface area (Å²) in [7, 11) is 0. The minimum Gasteiger partial charge on any atom is -0.478 e. The van der Waals surface area contributed by atoms with E-state index in [-0.39, 0.29) is 29.1 Å². The molecule has 1 amide bonds. The maximum atomic E-state index is 12.9. The molecule has 0 bridgehead atoms. The molecular weight excluding hydrogens is 297 g/mol. The summed E-state index contributed by atoms with van der Waals surface area (Å²) in [4.78, 5) is 23.1. The van der Waals surface area contributed by atoms with E-state index < -0.39 is 5.97 Å². The highest BCUT2D eigenvalue weighted by atomic mass is 19.1. The fraction of sp³-hybridized carbons (Fsp3) is 0.222. The molecule has 0 spiro atoms. The van der Waals surface area contributed by atoms with Crippen molar-refractivity contribution in [3.05, 3.63) is 71.0 Å². The van der Waals surface area contributed by atoms with Crippen molar-refractivity contribution in [1.29, 1.82) is 0 Å². The lowest BCUT2D eigenvalue weighted by Crippen LogP contribution is -2.25. The molecule has 2 aromatic carbocycles. The van der Waals surface area contributed by atoms with Gasteiger partial charge in [-0.25, -0.2) is 9.18 Å². The largest absolute Gasteiger partial charge is 0.478 e. The van der Waals surface area contributed by atoms with E-state index in [4.69, 9.17) is 5.11 Å². The highest BCUT2D eigenvalue weighted by molar-refractivity contribution is 5.87. The second-order valence-electron chi connectivity index (χ2n) is 5.72. The molecule has 2 atom stereocenters. The van der Waals surface area contributed by atoms with Gasteiger partial charge in [0, 0.05) is 12.5 Å². The van der Waals surface area contributed by atoms with Gasteiger partial charge in [0.1, 0.15) is 5.82 Å². The SMILES string of the molecule is O=C(O)c1cccc(CNC(=O)C2CC2c2ccc(F)cc2)c1. The van der Waals surface area contributed by atoms with Crippen LogP contribution in [0.1, 0.15) is 33.8 Å². The van der Waals surface area contributed by atoms with E-state index in [0.717, 1.165) is 17.5 Å². The molecule has 1 aliphatic rings. The van der Waals surface area contributed by atoms with Crippen LogP contribution >= 0.6 is 0 Å². The van der Waals surface area contributed by atoms with Gasteiger partial charge in [0.15, 0.2) is 0 Å². The number of carbonyl (C=O) groups is 2. The summed E-state index contributed by atoms with van der Waals surface area (Å²) < 4.78 is 12.9. The number of carboxylic acid groups (broad SMARTS) is 1. The van der Waals surface area contributed by atoms with Gasteiger partial charge in [-0.2, -0.15) is 0 Å². The van der Waals surface area contributed by atoms with Gasteiger partial charge in [0.25, 0.3) is 0 Å². The molecule has 118 valence electrons. The third-order valence-electron chi connectivity index (χ3n) is 4.07. The molecule has 2 unspecified atom stereocenters. The van der Waals surface area contributed by atoms with E-state index in [1.54, 1.807) is 30.3 Å². The lowest BCUT2D eigenvalue weighted by Gasteiger charge is -2.06. The minimum absolute atomic E-state index is 0.0555. The Hall–Kier alpha value is -2.69. The number of carbonyl (C=O) groups excluding carboxylic acids is 1. The summed E-state index contributed by atoms with van der Waals surface area (Å²) >= 11 is 0. The van der Waals surface area contributed by atoms with Gasteiger partial charge in [-0.3, -0.25) is 4.79 Å². The highest BCUT2D eigenvalue weighted by Crippen LogP contribution is 2.47. The summed E-state index contributed by atoms with van der Waals surface area (Å²) in [6, 6.07) is 12.7. The molecule has 0 saturated heterocycles. The van der Waals surface area contributed by atoms with Crippen molar-refractivity contribution in [3.63, 3.8) is 0 Å². The standard InChI is InChI=1S/C18H16FNO3/c19-14-6-4-12(5-7-14)15-9-16(15)17(21)20-10-11-2-1-3-13(8-11)18(22)23/h1-8,15-16H,9-10H2,(H,20,21)(H,22,23). The topological polar surface area (TPSA) is 66.4 Å². The van der Waals surface area contributed by atoms with Crippen molar-refractivity contribution in [1.82, 2.24) is 5.32 Å². The number of benzene rings is 2. The predicted octanol–water partition coefficient (Wildman–Crippen LogP) is 2.94. The number of nitrogens with one attached hydrogen (secondary N) is 1. The van der Waals surface area contributed by atoms with E-state index in [1.807, 2.05) is 0 Å². The summed E-state index contributed by atoms with van der Waals surface area (Å²) in [6.45, 7) is 0.298. The van der Waals surface area contributed by atoms with Crippen molar-refractivity contribution in [3.8, 4) is 0 Å². The Bertz CT molecular complexity index is 742. The predicted molar refractivity (Wildman–Crippen MR) is 82.5 cm³/mol. The maximum Gasteiger partial charge on any atom is 0.335 e. The summed E-state index contributed by atoms with van der Waals surface area (Å²) in [5.41, 5.74) is 1.92. The normalized spacial score (nSPS) is 19.2. The number of hydrogen-bond donors (Lipinski definition) is 2. The van der Waals surface area contributed by atoms with Crippen molar-refractivity contribution < 1.29 is 19.1 Å². The number of halogens is 1. The molecule has 4 nitrogen and oxygen atoms in total. The number of rotatable bonds is 5. The molecule has 1 saturated carbocycles. The van der Waals surface area contributed by atoms with Crippen LogP contribution in [0, 0.1) is 11.7 Å². The molecule has 1 aliphatic carbocycles. The minimum atomic E-state index is -0.989. The molecule has 23 heavy (non-hydrogen) atoms. The molecule has 0 aromatic heterocycles. The van der Waals surface area contributed by atoms with Gasteiger partial charge in [0.05, 0.1) is 5.56 Å². The lowest BCUT2D eigenvalue weighted by atomic mass is 10.1. The molecule has 2 aromatic rings. The third-order valence-corrected chi connectivity index (χ3v) is 4.07. The van der Waals surface area contributed by atoms with Crippen molar-refractivity contribution in [2.75, 3.05) is 0 Å². The lowest BCUT2D eigenvalue weighted by molar-refractivity contribution is -0.122. The average Bonchev–Trinajstić information content (AvgIpc) is 3.34.